The lowest BCUT2D eigenvalue weighted by Crippen LogP contribution is -2.03. The van der Waals surface area contributed by atoms with Crippen LogP contribution in [0.3, 0.4) is 0 Å². The van der Waals surface area contributed by atoms with E-state index in [1.807, 2.05) is 6.07 Å². The van der Waals surface area contributed by atoms with Crippen molar-refractivity contribution in [3.05, 3.63) is 29.6 Å². The van der Waals surface area contributed by atoms with Crippen LogP contribution in [0.2, 0.25) is 0 Å². The SMILES string of the molecule is O=C(CSc1n[nH]c(CCC2CCCC2)n1)c1ccc2c(c1)OCCCO2. The number of aromatic nitrogens is 3. The van der Waals surface area contributed by atoms with E-state index in [0.717, 1.165) is 24.6 Å². The number of H-pyrrole nitrogens is 1. The zero-order valence-electron chi connectivity index (χ0n) is 15.4. The van der Waals surface area contributed by atoms with Gasteiger partial charge < -0.3 is 9.47 Å². The van der Waals surface area contributed by atoms with E-state index in [4.69, 9.17) is 9.47 Å². The van der Waals surface area contributed by atoms with Gasteiger partial charge in [0, 0.05) is 18.4 Å². The van der Waals surface area contributed by atoms with Crippen LogP contribution < -0.4 is 9.47 Å². The minimum absolute atomic E-state index is 0.0351. The predicted molar refractivity (Wildman–Crippen MR) is 104 cm³/mol. The number of carbonyl (C=O) groups is 1. The highest BCUT2D eigenvalue weighted by Gasteiger charge is 2.17. The molecule has 2 aliphatic rings. The van der Waals surface area contributed by atoms with Crippen LogP contribution in [0.5, 0.6) is 11.5 Å². The number of aryl methyl sites for hydroxylation is 1. The molecule has 0 unspecified atom stereocenters. The van der Waals surface area contributed by atoms with Crippen molar-refractivity contribution in [1.82, 2.24) is 15.2 Å². The topological polar surface area (TPSA) is 77.1 Å². The maximum Gasteiger partial charge on any atom is 0.208 e. The average Bonchev–Trinajstić information content (AvgIpc) is 3.31. The smallest absolute Gasteiger partial charge is 0.208 e. The van der Waals surface area contributed by atoms with Crippen LogP contribution >= 0.6 is 11.8 Å². The summed E-state index contributed by atoms with van der Waals surface area (Å²) in [6.07, 6.45) is 8.39. The fraction of sp³-hybridized carbons (Fsp3) is 0.550. The summed E-state index contributed by atoms with van der Waals surface area (Å²) in [6, 6.07) is 5.38. The third-order valence-electron chi connectivity index (χ3n) is 5.18. The van der Waals surface area contributed by atoms with Gasteiger partial charge in [-0.2, -0.15) is 0 Å². The third-order valence-corrected chi connectivity index (χ3v) is 6.02. The lowest BCUT2D eigenvalue weighted by Gasteiger charge is -2.08. The molecule has 2 aromatic rings. The van der Waals surface area contributed by atoms with Gasteiger partial charge in [-0.15, -0.1) is 5.10 Å². The van der Waals surface area contributed by atoms with E-state index in [9.17, 15) is 4.79 Å². The van der Waals surface area contributed by atoms with E-state index in [2.05, 4.69) is 15.2 Å². The Balaban J connectivity index is 1.29. The van der Waals surface area contributed by atoms with E-state index < -0.39 is 0 Å². The molecule has 1 saturated carbocycles. The Morgan fingerprint density at radius 3 is 2.81 bits per heavy atom. The number of fused-ring (bicyclic) bond motifs is 1. The van der Waals surface area contributed by atoms with Gasteiger partial charge >= 0.3 is 0 Å². The summed E-state index contributed by atoms with van der Waals surface area (Å²) in [6.45, 7) is 1.25. The molecule has 0 bridgehead atoms. The molecule has 1 aromatic heterocycles. The highest BCUT2D eigenvalue weighted by Crippen LogP contribution is 2.31. The van der Waals surface area contributed by atoms with Crippen LogP contribution in [-0.2, 0) is 6.42 Å². The number of hydrogen-bond donors (Lipinski definition) is 1. The first-order valence-corrected chi connectivity index (χ1v) is 10.7. The van der Waals surface area contributed by atoms with Gasteiger partial charge in [0.05, 0.1) is 19.0 Å². The number of nitrogens with one attached hydrogen (secondary N) is 1. The molecule has 1 N–H and O–H groups in total. The summed E-state index contributed by atoms with van der Waals surface area (Å²) in [7, 11) is 0. The molecule has 27 heavy (non-hydrogen) atoms. The number of nitrogens with zero attached hydrogens (tertiary/aromatic N) is 2. The van der Waals surface area contributed by atoms with Gasteiger partial charge in [0.25, 0.3) is 0 Å². The van der Waals surface area contributed by atoms with Gasteiger partial charge in [-0.3, -0.25) is 9.89 Å². The number of carbonyl (C=O) groups excluding carboxylic acids is 1. The number of ketones is 1. The summed E-state index contributed by atoms with van der Waals surface area (Å²) in [5, 5.41) is 7.89. The monoisotopic (exact) mass is 387 g/mol. The maximum absolute atomic E-state index is 12.5. The first-order chi connectivity index (χ1) is 13.3. The Bertz CT molecular complexity index is 787. The molecular formula is C20H25N3O3S. The molecule has 4 rings (SSSR count). The first kappa shape index (κ1) is 18.3. The van der Waals surface area contributed by atoms with Crippen molar-refractivity contribution >= 4 is 17.5 Å². The molecule has 2 heterocycles. The minimum Gasteiger partial charge on any atom is -0.490 e. The Kier molecular flexibility index (Phi) is 5.97. The molecule has 1 aliphatic carbocycles. The van der Waals surface area contributed by atoms with E-state index >= 15 is 0 Å². The summed E-state index contributed by atoms with van der Waals surface area (Å²) >= 11 is 1.37. The second kappa shape index (κ2) is 8.78. The molecule has 1 aliphatic heterocycles. The van der Waals surface area contributed by atoms with Gasteiger partial charge in [0.2, 0.25) is 5.16 Å². The Labute approximate surface area is 163 Å². The van der Waals surface area contributed by atoms with Crippen LogP contribution in [-0.4, -0.2) is 39.9 Å². The number of Topliss-reactive ketones (excluding diaryl/α,β-unsaturated/α-hetero) is 1. The Morgan fingerprint density at radius 2 is 1.96 bits per heavy atom. The number of ether oxygens (including phenoxy) is 2. The van der Waals surface area contributed by atoms with E-state index in [0.29, 0.717) is 41.2 Å². The van der Waals surface area contributed by atoms with Crippen LogP contribution in [0, 0.1) is 5.92 Å². The molecule has 0 radical (unpaired) electrons. The Morgan fingerprint density at radius 1 is 1.15 bits per heavy atom. The summed E-state index contributed by atoms with van der Waals surface area (Å²) in [5.74, 6) is 3.46. The van der Waals surface area contributed by atoms with Crippen LogP contribution in [0.25, 0.3) is 0 Å². The third kappa shape index (κ3) is 4.83. The van der Waals surface area contributed by atoms with Gasteiger partial charge in [-0.1, -0.05) is 37.4 Å². The number of aromatic amines is 1. The first-order valence-electron chi connectivity index (χ1n) is 9.75. The van der Waals surface area contributed by atoms with Crippen molar-refractivity contribution in [1.29, 1.82) is 0 Å². The molecular weight excluding hydrogens is 362 g/mol. The highest BCUT2D eigenvalue weighted by atomic mass is 32.2. The molecule has 0 saturated heterocycles. The molecule has 6 nitrogen and oxygen atoms in total. The molecule has 1 fully saturated rings. The molecule has 144 valence electrons. The van der Waals surface area contributed by atoms with Crippen molar-refractivity contribution in [2.75, 3.05) is 19.0 Å². The fourth-order valence-corrected chi connectivity index (χ4v) is 4.36. The Hall–Kier alpha value is -2.02. The lowest BCUT2D eigenvalue weighted by molar-refractivity contribution is 0.102. The van der Waals surface area contributed by atoms with Crippen molar-refractivity contribution in [2.24, 2.45) is 5.92 Å². The summed E-state index contributed by atoms with van der Waals surface area (Å²) in [4.78, 5) is 17.0. The molecule has 1 aromatic carbocycles. The van der Waals surface area contributed by atoms with E-state index in [1.165, 1.54) is 43.9 Å². The molecule has 0 spiro atoms. The van der Waals surface area contributed by atoms with Crippen LogP contribution in [0.1, 0.15) is 54.7 Å². The van der Waals surface area contributed by atoms with Gasteiger partial charge in [-0.25, -0.2) is 4.98 Å². The zero-order valence-corrected chi connectivity index (χ0v) is 16.2. The molecule has 7 heteroatoms. The maximum atomic E-state index is 12.5. The second-order valence-electron chi connectivity index (χ2n) is 7.18. The fourth-order valence-electron chi connectivity index (χ4n) is 3.64. The van der Waals surface area contributed by atoms with Crippen LogP contribution in [0.4, 0.5) is 0 Å². The summed E-state index contributed by atoms with van der Waals surface area (Å²) in [5.41, 5.74) is 0.628. The van der Waals surface area contributed by atoms with Gasteiger partial charge in [0.15, 0.2) is 17.3 Å². The highest BCUT2D eigenvalue weighted by molar-refractivity contribution is 7.99. The van der Waals surface area contributed by atoms with Crippen molar-refractivity contribution in [3.63, 3.8) is 0 Å². The number of hydrogen-bond acceptors (Lipinski definition) is 6. The lowest BCUT2D eigenvalue weighted by atomic mass is 10.0. The van der Waals surface area contributed by atoms with Crippen molar-refractivity contribution in [2.45, 2.75) is 50.1 Å². The van der Waals surface area contributed by atoms with E-state index in [-0.39, 0.29) is 5.78 Å². The van der Waals surface area contributed by atoms with E-state index in [1.54, 1.807) is 12.1 Å². The van der Waals surface area contributed by atoms with Crippen molar-refractivity contribution in [3.8, 4) is 11.5 Å². The standard InChI is InChI=1S/C20H25N3O3S/c24-16(15-7-8-17-18(12-15)26-11-3-10-25-17)13-27-20-21-19(22-23-20)9-6-14-4-1-2-5-14/h7-8,12,14H,1-6,9-11,13H2,(H,21,22,23). The second-order valence-corrected chi connectivity index (χ2v) is 8.12. The van der Waals surface area contributed by atoms with Crippen LogP contribution in [0.15, 0.2) is 23.4 Å². The molecule has 0 amide bonds. The summed E-state index contributed by atoms with van der Waals surface area (Å²) < 4.78 is 11.3. The molecule has 0 atom stereocenters. The van der Waals surface area contributed by atoms with Gasteiger partial charge in [0.1, 0.15) is 5.82 Å². The number of rotatable bonds is 7. The normalized spacial score (nSPS) is 17.0. The zero-order chi connectivity index (χ0) is 18.5. The number of thioether (sulfide) groups is 1. The quantitative estimate of drug-likeness (QED) is 0.570. The van der Waals surface area contributed by atoms with Crippen molar-refractivity contribution < 1.29 is 14.3 Å². The predicted octanol–water partition coefficient (Wildman–Crippen LogP) is 4.06. The largest absolute Gasteiger partial charge is 0.490 e. The average molecular weight is 388 g/mol. The van der Waals surface area contributed by atoms with Gasteiger partial charge in [-0.05, 0) is 30.5 Å². The minimum atomic E-state index is 0.0351. The number of benzene rings is 1.